The number of nitrogens with zero attached hydrogens (tertiary/aromatic N) is 2. The minimum Gasteiger partial charge on any atom is -0.478 e. The first-order valence-corrected chi connectivity index (χ1v) is 11.0. The van der Waals surface area contributed by atoms with Crippen LogP contribution in [-0.2, 0) is 10.0 Å². The molecule has 0 radical (unpaired) electrons. The van der Waals surface area contributed by atoms with Crippen LogP contribution in [-0.4, -0.2) is 38.5 Å². The number of sulfonamides is 1. The van der Waals surface area contributed by atoms with Gasteiger partial charge in [-0.05, 0) is 44.2 Å². The topological polar surface area (TPSA) is 95.0 Å². The molecule has 0 aliphatic carbocycles. The lowest BCUT2D eigenvalue weighted by Gasteiger charge is -2.25. The molecule has 1 N–H and O–H groups in total. The van der Waals surface area contributed by atoms with Gasteiger partial charge in [-0.1, -0.05) is 24.3 Å². The van der Waals surface area contributed by atoms with E-state index in [-0.39, 0.29) is 28.6 Å². The van der Waals surface area contributed by atoms with E-state index < -0.39 is 16.0 Å². The summed E-state index contributed by atoms with van der Waals surface area (Å²) in [5.74, 6) is -1.36. The molecule has 0 spiro atoms. The fourth-order valence-corrected chi connectivity index (χ4v) is 5.70. The number of para-hydroxylation sites is 1. The molecule has 30 heavy (non-hydrogen) atoms. The van der Waals surface area contributed by atoms with Gasteiger partial charge in [0, 0.05) is 29.4 Å². The molecule has 8 heteroatoms. The van der Waals surface area contributed by atoms with Crippen molar-refractivity contribution in [1.82, 2.24) is 0 Å². The summed E-state index contributed by atoms with van der Waals surface area (Å²) in [5.41, 5.74) is 1.15. The van der Waals surface area contributed by atoms with Gasteiger partial charge in [-0.2, -0.15) is 0 Å². The lowest BCUT2D eigenvalue weighted by molar-refractivity contribution is 0.0697. The number of rotatable bonds is 6. The number of carboxylic acids is 1. The second kappa shape index (κ2) is 7.14. The Bertz CT molecular complexity index is 1300. The molecule has 1 aliphatic heterocycles. The van der Waals surface area contributed by atoms with Gasteiger partial charge >= 0.3 is 5.97 Å². The van der Waals surface area contributed by atoms with E-state index in [1.54, 1.807) is 48.2 Å². The number of benzene rings is 3. The molecule has 1 amide bonds. The van der Waals surface area contributed by atoms with Crippen molar-refractivity contribution in [2.75, 3.05) is 22.3 Å². The quantitative estimate of drug-likeness (QED) is 0.651. The van der Waals surface area contributed by atoms with Crippen LogP contribution in [0.15, 0.2) is 59.5 Å². The Labute approximate surface area is 174 Å². The number of anilines is 2. The fraction of sp³-hybridized carbons (Fsp3) is 0.182. The summed E-state index contributed by atoms with van der Waals surface area (Å²) in [4.78, 5) is 26.0. The third kappa shape index (κ3) is 2.75. The monoisotopic (exact) mass is 424 g/mol. The van der Waals surface area contributed by atoms with Crippen LogP contribution < -0.4 is 9.21 Å². The van der Waals surface area contributed by atoms with Crippen molar-refractivity contribution in [3.63, 3.8) is 0 Å². The van der Waals surface area contributed by atoms with E-state index >= 15 is 0 Å². The second-order valence-electron chi connectivity index (χ2n) is 6.85. The van der Waals surface area contributed by atoms with Gasteiger partial charge < -0.3 is 10.0 Å². The highest BCUT2D eigenvalue weighted by Crippen LogP contribution is 2.41. The van der Waals surface area contributed by atoms with Crippen molar-refractivity contribution < 1.29 is 23.1 Å². The highest BCUT2D eigenvalue weighted by atomic mass is 32.2. The van der Waals surface area contributed by atoms with Gasteiger partial charge in [0.2, 0.25) is 0 Å². The van der Waals surface area contributed by atoms with Crippen LogP contribution in [0.5, 0.6) is 0 Å². The Hall–Kier alpha value is -3.39. The van der Waals surface area contributed by atoms with E-state index in [0.717, 1.165) is 4.31 Å². The summed E-state index contributed by atoms with van der Waals surface area (Å²) in [7, 11) is -4.09. The van der Waals surface area contributed by atoms with Crippen LogP contribution in [0.25, 0.3) is 10.8 Å². The highest BCUT2D eigenvalue weighted by Gasteiger charge is 2.34. The first-order chi connectivity index (χ1) is 14.3. The van der Waals surface area contributed by atoms with E-state index in [9.17, 15) is 23.1 Å². The maximum Gasteiger partial charge on any atom is 0.337 e. The first-order valence-electron chi connectivity index (χ1n) is 9.55. The summed E-state index contributed by atoms with van der Waals surface area (Å²) < 4.78 is 28.4. The smallest absolute Gasteiger partial charge is 0.337 e. The number of hydrogen-bond donors (Lipinski definition) is 1. The number of carbonyl (C=O) groups excluding carboxylic acids is 1. The van der Waals surface area contributed by atoms with Gasteiger partial charge in [0.05, 0.1) is 21.8 Å². The first kappa shape index (κ1) is 19.9. The third-order valence-electron chi connectivity index (χ3n) is 5.32. The minimum absolute atomic E-state index is 0.0379. The highest BCUT2D eigenvalue weighted by molar-refractivity contribution is 7.93. The average Bonchev–Trinajstić information content (AvgIpc) is 3.01. The van der Waals surface area contributed by atoms with E-state index in [1.165, 1.54) is 18.2 Å². The maximum atomic E-state index is 13.7. The van der Waals surface area contributed by atoms with Gasteiger partial charge in [0.1, 0.15) is 0 Å². The molecule has 7 nitrogen and oxygen atoms in total. The van der Waals surface area contributed by atoms with Crippen molar-refractivity contribution >= 4 is 44.0 Å². The molecule has 3 aromatic carbocycles. The predicted octanol–water partition coefficient (Wildman–Crippen LogP) is 3.73. The second-order valence-corrected chi connectivity index (χ2v) is 8.68. The molecule has 3 aromatic rings. The molecule has 1 heterocycles. The minimum atomic E-state index is -4.09. The molecule has 0 aromatic heterocycles. The molecule has 0 unspecified atom stereocenters. The van der Waals surface area contributed by atoms with Crippen molar-refractivity contribution in [2.24, 2.45) is 0 Å². The summed E-state index contributed by atoms with van der Waals surface area (Å²) in [6, 6.07) is 14.2. The van der Waals surface area contributed by atoms with E-state index in [2.05, 4.69) is 0 Å². The Kier molecular flexibility index (Phi) is 4.74. The lowest BCUT2D eigenvalue weighted by atomic mass is 10.1. The molecular formula is C22H20N2O5S. The van der Waals surface area contributed by atoms with E-state index in [1.807, 2.05) is 6.92 Å². The molecule has 154 valence electrons. The molecule has 1 aliphatic rings. The van der Waals surface area contributed by atoms with E-state index in [4.69, 9.17) is 0 Å². The van der Waals surface area contributed by atoms with Crippen LogP contribution in [0.1, 0.15) is 34.6 Å². The van der Waals surface area contributed by atoms with Crippen LogP contribution in [0.4, 0.5) is 11.4 Å². The predicted molar refractivity (Wildman–Crippen MR) is 115 cm³/mol. The Morgan fingerprint density at radius 3 is 2.43 bits per heavy atom. The lowest BCUT2D eigenvalue weighted by Crippen LogP contribution is -2.32. The van der Waals surface area contributed by atoms with Crippen molar-refractivity contribution in [1.29, 1.82) is 0 Å². The van der Waals surface area contributed by atoms with Gasteiger partial charge in [0.25, 0.3) is 15.9 Å². The van der Waals surface area contributed by atoms with Gasteiger partial charge in [0.15, 0.2) is 0 Å². The van der Waals surface area contributed by atoms with E-state index in [0.29, 0.717) is 28.6 Å². The molecular weight excluding hydrogens is 404 g/mol. The number of carboxylic acid groups (broad SMARTS) is 1. The van der Waals surface area contributed by atoms with Gasteiger partial charge in [-0.3, -0.25) is 9.10 Å². The Morgan fingerprint density at radius 1 is 1.03 bits per heavy atom. The summed E-state index contributed by atoms with van der Waals surface area (Å²) >= 11 is 0. The zero-order chi connectivity index (χ0) is 21.6. The van der Waals surface area contributed by atoms with Crippen molar-refractivity contribution in [3.05, 3.63) is 65.7 Å². The maximum absolute atomic E-state index is 13.7. The zero-order valence-corrected chi connectivity index (χ0v) is 17.3. The number of hydrogen-bond acceptors (Lipinski definition) is 4. The number of aromatic carboxylic acids is 1. The van der Waals surface area contributed by atoms with Crippen LogP contribution >= 0.6 is 0 Å². The third-order valence-corrected chi connectivity index (χ3v) is 7.27. The number of amides is 1. The zero-order valence-electron chi connectivity index (χ0n) is 16.5. The largest absolute Gasteiger partial charge is 0.478 e. The van der Waals surface area contributed by atoms with Gasteiger partial charge in [-0.25, -0.2) is 13.2 Å². The van der Waals surface area contributed by atoms with Crippen molar-refractivity contribution in [2.45, 2.75) is 18.7 Å². The van der Waals surface area contributed by atoms with Crippen molar-refractivity contribution in [3.8, 4) is 0 Å². The van der Waals surface area contributed by atoms with Crippen LogP contribution in [0.2, 0.25) is 0 Å². The average molecular weight is 424 g/mol. The number of carbonyl (C=O) groups is 2. The summed E-state index contributed by atoms with van der Waals surface area (Å²) in [6.07, 6.45) is 0. The molecule has 4 rings (SSSR count). The molecule has 0 atom stereocenters. The molecule has 0 saturated carbocycles. The molecule has 0 saturated heterocycles. The molecule has 0 fully saturated rings. The molecule has 0 bridgehead atoms. The SMILES string of the molecule is CCN1C(=O)c2cccc3c(S(=O)(=O)N(CC)c4ccccc4C(=O)O)ccc1c23. The summed E-state index contributed by atoms with van der Waals surface area (Å²) in [5, 5.41) is 10.6. The normalized spacial score (nSPS) is 13.1. The Balaban J connectivity index is 1.96. The Morgan fingerprint density at radius 2 is 1.77 bits per heavy atom. The van der Waals surface area contributed by atoms with Crippen LogP contribution in [0, 0.1) is 0 Å². The standard InChI is InChI=1S/C22H20N2O5S/c1-3-23-18-12-13-19(15-9-7-10-16(20(15)18)21(23)25)30(28,29)24(4-2)17-11-6-5-8-14(17)22(26)27/h5-13H,3-4H2,1-2H3,(H,26,27). The van der Waals surface area contributed by atoms with Crippen LogP contribution in [0.3, 0.4) is 0 Å². The van der Waals surface area contributed by atoms with Gasteiger partial charge in [-0.15, -0.1) is 0 Å². The summed E-state index contributed by atoms with van der Waals surface area (Å²) in [6.45, 7) is 4.04. The fourth-order valence-electron chi connectivity index (χ4n) is 4.02.